The molecule has 1 aromatic rings. The van der Waals surface area contributed by atoms with E-state index in [0.717, 1.165) is 30.8 Å². The predicted molar refractivity (Wildman–Crippen MR) is 89.8 cm³/mol. The molecule has 0 radical (unpaired) electrons. The van der Waals surface area contributed by atoms with Crippen LogP contribution in [-0.2, 0) is 17.8 Å². The number of fused-ring (bicyclic) bond motifs is 1. The van der Waals surface area contributed by atoms with E-state index in [2.05, 4.69) is 22.9 Å². The summed E-state index contributed by atoms with van der Waals surface area (Å²) in [6, 6.07) is 3.60. The lowest BCUT2D eigenvalue weighted by atomic mass is 9.85. The lowest BCUT2D eigenvalue weighted by Gasteiger charge is -2.28. The zero-order valence-corrected chi connectivity index (χ0v) is 13.8. The van der Waals surface area contributed by atoms with Gasteiger partial charge in [0, 0.05) is 13.0 Å². The number of hydrogen-bond acceptors (Lipinski definition) is 3. The number of hydrogen-bond donors (Lipinski definition) is 3. The Morgan fingerprint density at radius 3 is 3.04 bits per heavy atom. The number of piperidine rings is 1. The number of rotatable bonds is 4. The molecule has 4 nitrogen and oxygen atoms in total. The topological polar surface area (TPSA) is 53.2 Å². The van der Waals surface area contributed by atoms with Crippen molar-refractivity contribution in [3.63, 3.8) is 0 Å². The minimum atomic E-state index is -0.260. The van der Waals surface area contributed by atoms with Crippen molar-refractivity contribution in [1.82, 2.24) is 10.6 Å². The van der Waals surface area contributed by atoms with Gasteiger partial charge in [-0.1, -0.05) is 13.0 Å². The molecule has 1 fully saturated rings. The van der Waals surface area contributed by atoms with Gasteiger partial charge in [0.25, 0.3) is 0 Å². The van der Waals surface area contributed by atoms with Gasteiger partial charge in [-0.2, -0.15) is 0 Å². The van der Waals surface area contributed by atoms with Crippen LogP contribution in [-0.4, -0.2) is 25.5 Å². The Hall–Kier alpha value is -1.46. The first kappa shape index (κ1) is 16.4. The molecule has 2 heterocycles. The van der Waals surface area contributed by atoms with Crippen LogP contribution in [0, 0.1) is 17.7 Å². The van der Waals surface area contributed by atoms with Crippen LogP contribution in [0.2, 0.25) is 0 Å². The van der Waals surface area contributed by atoms with Crippen LogP contribution in [0.1, 0.15) is 37.3 Å². The fourth-order valence-electron chi connectivity index (χ4n) is 3.65. The largest absolute Gasteiger partial charge is 0.324 e. The Labute approximate surface area is 137 Å². The Kier molecular flexibility index (Phi) is 5.28. The summed E-state index contributed by atoms with van der Waals surface area (Å²) in [5.41, 5.74) is 2.06. The van der Waals surface area contributed by atoms with Crippen molar-refractivity contribution in [3.05, 3.63) is 29.1 Å². The highest BCUT2D eigenvalue weighted by Crippen LogP contribution is 2.26. The SMILES string of the molecule is CC(CC(=O)Nc1ccc2c(c1F)CCNC2)C1CCCNC1. The lowest BCUT2D eigenvalue weighted by molar-refractivity contribution is -0.117. The van der Waals surface area contributed by atoms with Crippen LogP contribution in [0.15, 0.2) is 12.1 Å². The van der Waals surface area contributed by atoms with Crippen LogP contribution in [0.5, 0.6) is 0 Å². The maximum Gasteiger partial charge on any atom is 0.224 e. The fourth-order valence-corrected chi connectivity index (χ4v) is 3.65. The maximum absolute atomic E-state index is 14.6. The van der Waals surface area contributed by atoms with Gasteiger partial charge in [0.2, 0.25) is 5.91 Å². The Balaban J connectivity index is 1.61. The van der Waals surface area contributed by atoms with E-state index in [-0.39, 0.29) is 11.7 Å². The van der Waals surface area contributed by atoms with Gasteiger partial charge in [-0.25, -0.2) is 4.39 Å². The van der Waals surface area contributed by atoms with Crippen LogP contribution in [0.3, 0.4) is 0 Å². The van der Waals surface area contributed by atoms with Crippen molar-refractivity contribution in [3.8, 4) is 0 Å². The van der Waals surface area contributed by atoms with Crippen molar-refractivity contribution >= 4 is 11.6 Å². The molecule has 3 rings (SSSR count). The monoisotopic (exact) mass is 319 g/mol. The van der Waals surface area contributed by atoms with E-state index < -0.39 is 0 Å². The van der Waals surface area contributed by atoms with E-state index in [1.807, 2.05) is 6.07 Å². The van der Waals surface area contributed by atoms with Crippen molar-refractivity contribution in [2.24, 2.45) is 11.8 Å². The third-order valence-electron chi connectivity index (χ3n) is 5.13. The fraction of sp³-hybridized carbons (Fsp3) is 0.611. The molecule has 1 aromatic carbocycles. The highest BCUT2D eigenvalue weighted by atomic mass is 19.1. The number of nitrogens with one attached hydrogen (secondary N) is 3. The molecule has 0 spiro atoms. The first-order valence-electron chi connectivity index (χ1n) is 8.66. The summed E-state index contributed by atoms with van der Waals surface area (Å²) in [5, 5.41) is 9.39. The number of benzene rings is 1. The number of halogens is 1. The molecule has 126 valence electrons. The van der Waals surface area contributed by atoms with Gasteiger partial charge in [-0.05, 0) is 67.9 Å². The van der Waals surface area contributed by atoms with Crippen molar-refractivity contribution in [1.29, 1.82) is 0 Å². The van der Waals surface area contributed by atoms with E-state index >= 15 is 0 Å². The zero-order valence-electron chi connectivity index (χ0n) is 13.8. The van der Waals surface area contributed by atoms with Crippen molar-refractivity contribution < 1.29 is 9.18 Å². The van der Waals surface area contributed by atoms with Gasteiger partial charge >= 0.3 is 0 Å². The number of amides is 1. The minimum Gasteiger partial charge on any atom is -0.324 e. The molecule has 3 N–H and O–H groups in total. The second kappa shape index (κ2) is 7.41. The Morgan fingerprint density at radius 2 is 2.26 bits per heavy atom. The first-order valence-corrected chi connectivity index (χ1v) is 8.66. The third kappa shape index (κ3) is 3.90. The number of carbonyl (C=O) groups is 1. The summed E-state index contributed by atoms with van der Waals surface area (Å²) in [5.74, 6) is 0.502. The summed E-state index contributed by atoms with van der Waals surface area (Å²) >= 11 is 0. The standard InChI is InChI=1S/C18H26FN3O/c1-12(13-3-2-7-20-10-13)9-17(23)22-16-5-4-14-11-21-8-6-15(14)18(16)19/h4-5,12-13,20-21H,2-3,6-11H2,1H3,(H,22,23). The zero-order chi connectivity index (χ0) is 16.2. The average molecular weight is 319 g/mol. The molecule has 2 unspecified atom stereocenters. The van der Waals surface area contributed by atoms with Gasteiger partial charge in [-0.3, -0.25) is 4.79 Å². The second-order valence-corrected chi connectivity index (χ2v) is 6.83. The maximum atomic E-state index is 14.6. The van der Waals surface area contributed by atoms with E-state index in [4.69, 9.17) is 0 Å². The summed E-state index contributed by atoms with van der Waals surface area (Å²) in [6.45, 7) is 5.66. The molecule has 1 saturated heterocycles. The van der Waals surface area contributed by atoms with E-state index in [1.54, 1.807) is 6.07 Å². The van der Waals surface area contributed by atoms with Gasteiger partial charge in [0.15, 0.2) is 0 Å². The van der Waals surface area contributed by atoms with Crippen molar-refractivity contribution in [2.45, 2.75) is 39.2 Å². The van der Waals surface area contributed by atoms with Crippen LogP contribution in [0.4, 0.5) is 10.1 Å². The predicted octanol–water partition coefficient (Wildman–Crippen LogP) is 2.44. The molecular formula is C18H26FN3O. The minimum absolute atomic E-state index is 0.0872. The van der Waals surface area contributed by atoms with Gasteiger partial charge in [-0.15, -0.1) is 0 Å². The van der Waals surface area contributed by atoms with Gasteiger partial charge in [0.1, 0.15) is 5.82 Å². The Morgan fingerprint density at radius 1 is 1.39 bits per heavy atom. The highest BCUT2D eigenvalue weighted by Gasteiger charge is 2.23. The molecule has 0 aliphatic carbocycles. The summed E-state index contributed by atoms with van der Waals surface area (Å²) in [4.78, 5) is 12.3. The lowest BCUT2D eigenvalue weighted by Crippen LogP contribution is -2.34. The van der Waals surface area contributed by atoms with Gasteiger partial charge < -0.3 is 16.0 Å². The van der Waals surface area contributed by atoms with Crippen LogP contribution >= 0.6 is 0 Å². The smallest absolute Gasteiger partial charge is 0.224 e. The number of carbonyl (C=O) groups excluding carboxylic acids is 1. The van der Waals surface area contributed by atoms with E-state index in [9.17, 15) is 9.18 Å². The van der Waals surface area contributed by atoms with Crippen molar-refractivity contribution in [2.75, 3.05) is 25.0 Å². The van der Waals surface area contributed by atoms with Gasteiger partial charge in [0.05, 0.1) is 5.69 Å². The second-order valence-electron chi connectivity index (χ2n) is 6.83. The van der Waals surface area contributed by atoms with Crippen LogP contribution in [0.25, 0.3) is 0 Å². The third-order valence-corrected chi connectivity index (χ3v) is 5.13. The first-order chi connectivity index (χ1) is 11.1. The molecule has 0 bridgehead atoms. The average Bonchev–Trinajstić information content (AvgIpc) is 2.58. The van der Waals surface area contributed by atoms with E-state index in [0.29, 0.717) is 36.9 Å². The van der Waals surface area contributed by atoms with E-state index in [1.165, 1.54) is 12.8 Å². The molecule has 23 heavy (non-hydrogen) atoms. The molecule has 0 aromatic heterocycles. The highest BCUT2D eigenvalue weighted by molar-refractivity contribution is 5.91. The van der Waals surface area contributed by atoms with Crippen LogP contribution < -0.4 is 16.0 Å². The summed E-state index contributed by atoms with van der Waals surface area (Å²) < 4.78 is 14.6. The molecule has 2 aliphatic heterocycles. The summed E-state index contributed by atoms with van der Waals surface area (Å²) in [7, 11) is 0. The molecule has 0 saturated carbocycles. The molecular weight excluding hydrogens is 293 g/mol. The quantitative estimate of drug-likeness (QED) is 0.799. The molecule has 2 aliphatic rings. The molecule has 5 heteroatoms. The Bertz CT molecular complexity index is 570. The number of anilines is 1. The normalized spacial score (nSPS) is 22.3. The molecule has 2 atom stereocenters. The summed E-state index contributed by atoms with van der Waals surface area (Å²) in [6.07, 6.45) is 3.46. The molecule has 1 amide bonds.